The normalized spacial score (nSPS) is 9.86. The van der Waals surface area contributed by atoms with E-state index in [4.69, 9.17) is 5.73 Å². The summed E-state index contributed by atoms with van der Waals surface area (Å²) < 4.78 is 0. The van der Waals surface area contributed by atoms with Gasteiger partial charge in [0.15, 0.2) is 0 Å². The number of nitrogen functional groups attached to an aromatic ring is 1. The van der Waals surface area contributed by atoms with E-state index in [1.165, 1.54) is 0 Å². The molecule has 3 N–H and O–H groups in total. The molecule has 0 radical (unpaired) electrons. The molecular formula is C10H15N3O. The van der Waals surface area contributed by atoms with Crippen LogP contribution in [0, 0.1) is 0 Å². The molecule has 1 heterocycles. The zero-order valence-corrected chi connectivity index (χ0v) is 8.50. The van der Waals surface area contributed by atoms with Crippen LogP contribution < -0.4 is 5.73 Å². The zero-order chi connectivity index (χ0) is 10.7. The highest BCUT2D eigenvalue weighted by Gasteiger charge is 2.12. The number of H-pyrrole nitrogens is 1. The SMILES string of the molecule is C=C(C)CN(C)C(=O)c1cc(N)c[nH]1. The van der Waals surface area contributed by atoms with Crippen molar-refractivity contribution in [3.63, 3.8) is 0 Å². The van der Waals surface area contributed by atoms with Crippen molar-refractivity contribution < 1.29 is 4.79 Å². The van der Waals surface area contributed by atoms with Crippen LogP contribution in [0.3, 0.4) is 0 Å². The van der Waals surface area contributed by atoms with Crippen molar-refractivity contribution in [3.05, 3.63) is 30.1 Å². The molecule has 0 saturated carbocycles. The lowest BCUT2D eigenvalue weighted by Gasteiger charge is -2.15. The fraction of sp³-hybridized carbons (Fsp3) is 0.300. The highest BCUT2D eigenvalue weighted by molar-refractivity contribution is 5.93. The van der Waals surface area contributed by atoms with Crippen molar-refractivity contribution in [2.45, 2.75) is 6.92 Å². The van der Waals surface area contributed by atoms with Crippen molar-refractivity contribution in [1.82, 2.24) is 9.88 Å². The second-order valence-corrected chi connectivity index (χ2v) is 3.47. The molecule has 1 rings (SSSR count). The van der Waals surface area contributed by atoms with Gasteiger partial charge in [0.25, 0.3) is 5.91 Å². The van der Waals surface area contributed by atoms with Crippen LogP contribution in [0.5, 0.6) is 0 Å². The minimum Gasteiger partial charge on any atom is -0.397 e. The first-order valence-electron chi connectivity index (χ1n) is 4.34. The third kappa shape index (κ3) is 2.39. The third-order valence-electron chi connectivity index (χ3n) is 1.79. The maximum absolute atomic E-state index is 11.7. The Balaban J connectivity index is 2.70. The van der Waals surface area contributed by atoms with Gasteiger partial charge in [-0.2, -0.15) is 0 Å². The molecule has 0 aromatic carbocycles. The quantitative estimate of drug-likeness (QED) is 0.709. The standard InChI is InChI=1S/C10H15N3O/c1-7(2)6-13(3)10(14)9-4-8(11)5-12-9/h4-5,12H,1,6,11H2,2-3H3. The Morgan fingerprint density at radius 3 is 2.79 bits per heavy atom. The fourth-order valence-corrected chi connectivity index (χ4v) is 1.22. The van der Waals surface area contributed by atoms with Crippen LogP contribution >= 0.6 is 0 Å². The van der Waals surface area contributed by atoms with E-state index in [1.54, 1.807) is 24.2 Å². The number of anilines is 1. The van der Waals surface area contributed by atoms with E-state index in [1.807, 2.05) is 6.92 Å². The number of carbonyl (C=O) groups is 1. The molecule has 0 fully saturated rings. The van der Waals surface area contributed by atoms with Gasteiger partial charge >= 0.3 is 0 Å². The van der Waals surface area contributed by atoms with Crippen LogP contribution in [0.25, 0.3) is 0 Å². The number of hydrogen-bond donors (Lipinski definition) is 2. The van der Waals surface area contributed by atoms with E-state index in [2.05, 4.69) is 11.6 Å². The van der Waals surface area contributed by atoms with E-state index in [-0.39, 0.29) is 5.91 Å². The second kappa shape index (κ2) is 4.00. The lowest BCUT2D eigenvalue weighted by atomic mass is 10.3. The number of nitrogens with zero attached hydrogens (tertiary/aromatic N) is 1. The lowest BCUT2D eigenvalue weighted by Crippen LogP contribution is -2.28. The average Bonchev–Trinajstić information content (AvgIpc) is 2.49. The number of hydrogen-bond acceptors (Lipinski definition) is 2. The number of nitrogens with two attached hydrogens (primary N) is 1. The Morgan fingerprint density at radius 2 is 2.36 bits per heavy atom. The van der Waals surface area contributed by atoms with Crippen molar-refractivity contribution in [1.29, 1.82) is 0 Å². The largest absolute Gasteiger partial charge is 0.397 e. The maximum Gasteiger partial charge on any atom is 0.270 e. The summed E-state index contributed by atoms with van der Waals surface area (Å²) in [6.07, 6.45) is 1.60. The van der Waals surface area contributed by atoms with Crippen molar-refractivity contribution in [2.75, 3.05) is 19.3 Å². The van der Waals surface area contributed by atoms with Crippen LogP contribution in [-0.4, -0.2) is 29.4 Å². The molecule has 1 aromatic heterocycles. The Morgan fingerprint density at radius 1 is 1.71 bits per heavy atom. The van der Waals surface area contributed by atoms with Gasteiger partial charge < -0.3 is 15.6 Å². The molecule has 76 valence electrons. The summed E-state index contributed by atoms with van der Waals surface area (Å²) in [6, 6.07) is 1.62. The van der Waals surface area contributed by atoms with Gasteiger partial charge in [0, 0.05) is 25.5 Å². The average molecular weight is 193 g/mol. The summed E-state index contributed by atoms with van der Waals surface area (Å²) in [7, 11) is 1.73. The summed E-state index contributed by atoms with van der Waals surface area (Å²) in [6.45, 7) is 6.18. The molecule has 1 amide bonds. The molecule has 0 aliphatic heterocycles. The first kappa shape index (κ1) is 10.4. The van der Waals surface area contributed by atoms with Gasteiger partial charge in [-0.3, -0.25) is 4.79 Å². The Hall–Kier alpha value is -1.71. The molecule has 1 aromatic rings. The predicted octanol–water partition coefficient (Wildman–Crippen LogP) is 1.24. The second-order valence-electron chi connectivity index (χ2n) is 3.47. The van der Waals surface area contributed by atoms with Crippen LogP contribution in [0.2, 0.25) is 0 Å². The molecule has 0 spiro atoms. The van der Waals surface area contributed by atoms with Gasteiger partial charge in [-0.15, -0.1) is 0 Å². The Bertz CT molecular complexity index is 354. The number of rotatable bonds is 3. The highest BCUT2D eigenvalue weighted by atomic mass is 16.2. The van der Waals surface area contributed by atoms with Gasteiger partial charge in [0.05, 0.1) is 0 Å². The minimum absolute atomic E-state index is 0.0790. The van der Waals surface area contributed by atoms with Crippen LogP contribution in [0.4, 0.5) is 5.69 Å². The third-order valence-corrected chi connectivity index (χ3v) is 1.79. The molecule has 0 aliphatic rings. The topological polar surface area (TPSA) is 62.1 Å². The van der Waals surface area contributed by atoms with Crippen molar-refractivity contribution in [2.24, 2.45) is 0 Å². The van der Waals surface area contributed by atoms with Crippen LogP contribution in [0.15, 0.2) is 24.4 Å². The summed E-state index contributed by atoms with van der Waals surface area (Å²) in [4.78, 5) is 16.1. The molecule has 0 saturated heterocycles. The van der Waals surface area contributed by atoms with Gasteiger partial charge in [-0.05, 0) is 13.0 Å². The molecular weight excluding hydrogens is 178 g/mol. The minimum atomic E-state index is -0.0790. The van der Waals surface area contributed by atoms with Gasteiger partial charge in [-0.25, -0.2) is 0 Å². The Kier molecular flexibility index (Phi) is 2.96. The first-order valence-corrected chi connectivity index (χ1v) is 4.34. The summed E-state index contributed by atoms with van der Waals surface area (Å²) in [5.74, 6) is -0.0790. The molecule has 4 heteroatoms. The number of aromatic nitrogens is 1. The van der Waals surface area contributed by atoms with E-state index in [0.29, 0.717) is 17.9 Å². The molecule has 14 heavy (non-hydrogen) atoms. The number of nitrogens with one attached hydrogen (secondary N) is 1. The molecule has 4 nitrogen and oxygen atoms in total. The van der Waals surface area contributed by atoms with Gasteiger partial charge in [0.1, 0.15) is 5.69 Å². The van der Waals surface area contributed by atoms with Gasteiger partial charge in [0.2, 0.25) is 0 Å². The highest BCUT2D eigenvalue weighted by Crippen LogP contribution is 2.07. The monoisotopic (exact) mass is 193 g/mol. The van der Waals surface area contributed by atoms with E-state index in [0.717, 1.165) is 5.57 Å². The fourth-order valence-electron chi connectivity index (χ4n) is 1.22. The lowest BCUT2D eigenvalue weighted by molar-refractivity contribution is 0.0802. The maximum atomic E-state index is 11.7. The number of carbonyl (C=O) groups excluding carboxylic acids is 1. The molecule has 0 atom stereocenters. The molecule has 0 unspecified atom stereocenters. The summed E-state index contributed by atoms with van der Waals surface area (Å²) in [5, 5.41) is 0. The van der Waals surface area contributed by atoms with E-state index < -0.39 is 0 Å². The number of aromatic amines is 1. The van der Waals surface area contributed by atoms with Gasteiger partial charge in [-0.1, -0.05) is 12.2 Å². The molecule has 0 bridgehead atoms. The van der Waals surface area contributed by atoms with Crippen molar-refractivity contribution >= 4 is 11.6 Å². The smallest absolute Gasteiger partial charge is 0.270 e. The molecule has 0 aliphatic carbocycles. The van der Waals surface area contributed by atoms with Crippen LogP contribution in [0.1, 0.15) is 17.4 Å². The number of likely N-dealkylation sites (N-methyl/N-ethyl adjacent to an activating group) is 1. The van der Waals surface area contributed by atoms with E-state index in [9.17, 15) is 4.79 Å². The first-order chi connectivity index (χ1) is 6.50. The summed E-state index contributed by atoms with van der Waals surface area (Å²) >= 11 is 0. The number of amides is 1. The predicted molar refractivity (Wildman–Crippen MR) is 57.0 cm³/mol. The zero-order valence-electron chi connectivity index (χ0n) is 8.50. The van der Waals surface area contributed by atoms with E-state index >= 15 is 0 Å². The Labute approximate surface area is 83.4 Å². The van der Waals surface area contributed by atoms with Crippen LogP contribution in [-0.2, 0) is 0 Å². The van der Waals surface area contributed by atoms with Crippen molar-refractivity contribution in [3.8, 4) is 0 Å². The summed E-state index contributed by atoms with van der Waals surface area (Å²) in [5.41, 5.74) is 7.52.